The second-order valence-electron chi connectivity index (χ2n) is 4.71. The monoisotopic (exact) mass is 332 g/mol. The third-order valence-corrected chi connectivity index (χ3v) is 2.97. The summed E-state index contributed by atoms with van der Waals surface area (Å²) in [6.07, 6.45) is -1.23. The van der Waals surface area contributed by atoms with Crippen LogP contribution < -0.4 is 4.74 Å². The molecule has 5 heteroatoms. The molecule has 0 heterocycles. The van der Waals surface area contributed by atoms with Gasteiger partial charge in [-0.1, -0.05) is 22.0 Å². The van der Waals surface area contributed by atoms with E-state index in [1.807, 2.05) is 19.9 Å². The quantitative estimate of drug-likeness (QED) is 0.805. The Morgan fingerprint density at radius 3 is 2.42 bits per heavy atom. The van der Waals surface area contributed by atoms with Crippen molar-refractivity contribution < 1.29 is 19.7 Å². The van der Waals surface area contributed by atoms with Crippen LogP contribution in [0.3, 0.4) is 0 Å². The predicted octanol–water partition coefficient (Wildman–Crippen LogP) is 2.67. The lowest BCUT2D eigenvalue weighted by Crippen LogP contribution is -2.25. The molecule has 0 saturated carbocycles. The van der Waals surface area contributed by atoms with Crippen molar-refractivity contribution in [2.24, 2.45) is 0 Å². The lowest BCUT2D eigenvalue weighted by molar-refractivity contribution is -0.0126. The largest absolute Gasteiger partial charge is 0.490 e. The first-order chi connectivity index (χ1) is 8.90. The average Bonchev–Trinajstić information content (AvgIpc) is 2.33. The molecule has 0 saturated heterocycles. The number of hydrogen-bond donors (Lipinski definition) is 2. The maximum absolute atomic E-state index is 9.73. The van der Waals surface area contributed by atoms with E-state index in [0.29, 0.717) is 11.3 Å². The first-order valence-corrected chi connectivity index (χ1v) is 7.09. The Morgan fingerprint density at radius 2 is 1.84 bits per heavy atom. The van der Waals surface area contributed by atoms with Crippen LogP contribution in [0.5, 0.6) is 5.75 Å². The van der Waals surface area contributed by atoms with Crippen LogP contribution in [0.25, 0.3) is 0 Å². The third-order valence-electron chi connectivity index (χ3n) is 2.48. The zero-order valence-electron chi connectivity index (χ0n) is 11.5. The van der Waals surface area contributed by atoms with Crippen molar-refractivity contribution in [3.05, 3.63) is 28.2 Å². The van der Waals surface area contributed by atoms with Crippen molar-refractivity contribution in [2.75, 3.05) is 13.2 Å². The summed E-state index contributed by atoms with van der Waals surface area (Å²) in [5.74, 6) is 0.563. The van der Waals surface area contributed by atoms with E-state index in [0.717, 1.165) is 4.47 Å². The van der Waals surface area contributed by atoms with E-state index in [1.165, 1.54) is 0 Å². The van der Waals surface area contributed by atoms with Crippen molar-refractivity contribution >= 4 is 15.9 Å². The van der Waals surface area contributed by atoms with E-state index in [4.69, 9.17) is 9.47 Å². The summed E-state index contributed by atoms with van der Waals surface area (Å²) in [7, 11) is 0. The highest BCUT2D eigenvalue weighted by atomic mass is 79.9. The third kappa shape index (κ3) is 5.91. The number of rotatable bonds is 7. The molecule has 1 rings (SSSR count). The standard InChI is InChI=1S/C14H21BrO4/c1-9(2)18-7-12(17)8-19-14-6-11(15)4-5-13(14)10(3)16/h4-6,9-10,12,16-17H,7-8H2,1-3H3. The Kier molecular flexibility index (Phi) is 6.79. The van der Waals surface area contributed by atoms with Crippen LogP contribution >= 0.6 is 15.9 Å². The molecule has 0 aliphatic carbocycles. The van der Waals surface area contributed by atoms with Crippen molar-refractivity contribution in [2.45, 2.75) is 39.1 Å². The number of hydrogen-bond acceptors (Lipinski definition) is 4. The number of ether oxygens (including phenoxy) is 2. The van der Waals surface area contributed by atoms with Gasteiger partial charge >= 0.3 is 0 Å². The average molecular weight is 333 g/mol. The molecule has 0 radical (unpaired) electrons. The second kappa shape index (κ2) is 7.85. The molecule has 19 heavy (non-hydrogen) atoms. The molecule has 1 aromatic carbocycles. The highest BCUT2D eigenvalue weighted by Gasteiger charge is 2.12. The minimum Gasteiger partial charge on any atom is -0.490 e. The first kappa shape index (κ1) is 16.4. The van der Waals surface area contributed by atoms with Crippen LogP contribution in [0, 0.1) is 0 Å². The molecule has 2 unspecified atom stereocenters. The molecule has 2 atom stereocenters. The molecule has 0 aromatic heterocycles. The summed E-state index contributed by atoms with van der Waals surface area (Å²) in [4.78, 5) is 0. The van der Waals surface area contributed by atoms with Gasteiger partial charge in [0.1, 0.15) is 18.5 Å². The highest BCUT2D eigenvalue weighted by Crippen LogP contribution is 2.28. The molecular formula is C14H21BrO4. The molecule has 108 valence electrons. The van der Waals surface area contributed by atoms with Gasteiger partial charge in [0.2, 0.25) is 0 Å². The van der Waals surface area contributed by atoms with Crippen LogP contribution in [0.2, 0.25) is 0 Å². The van der Waals surface area contributed by atoms with Gasteiger partial charge in [0.15, 0.2) is 0 Å². The van der Waals surface area contributed by atoms with Crippen LogP contribution in [0.4, 0.5) is 0 Å². The Bertz CT molecular complexity index is 393. The summed E-state index contributed by atoms with van der Waals surface area (Å²) >= 11 is 3.35. The molecule has 0 amide bonds. The molecule has 0 fully saturated rings. The van der Waals surface area contributed by atoms with Gasteiger partial charge in [-0.05, 0) is 32.9 Å². The molecular weight excluding hydrogens is 312 g/mol. The predicted molar refractivity (Wildman–Crippen MR) is 77.4 cm³/mol. The fourth-order valence-corrected chi connectivity index (χ4v) is 1.86. The molecule has 0 aliphatic heterocycles. The topological polar surface area (TPSA) is 58.9 Å². The van der Waals surface area contributed by atoms with E-state index in [9.17, 15) is 10.2 Å². The number of halogens is 1. The zero-order chi connectivity index (χ0) is 14.4. The molecule has 0 aliphatic rings. The van der Waals surface area contributed by atoms with Gasteiger partial charge in [-0.25, -0.2) is 0 Å². The molecule has 0 bridgehead atoms. The van der Waals surface area contributed by atoms with Crippen molar-refractivity contribution in [3.8, 4) is 5.75 Å². The summed E-state index contributed by atoms with van der Waals surface area (Å²) < 4.78 is 11.7. The maximum atomic E-state index is 9.73. The van der Waals surface area contributed by atoms with Gasteiger partial charge in [-0.15, -0.1) is 0 Å². The Morgan fingerprint density at radius 1 is 1.16 bits per heavy atom. The van der Waals surface area contributed by atoms with Gasteiger partial charge in [0, 0.05) is 10.0 Å². The normalized spacial score (nSPS) is 14.5. The highest BCUT2D eigenvalue weighted by molar-refractivity contribution is 9.10. The fourth-order valence-electron chi connectivity index (χ4n) is 1.52. The molecule has 1 aromatic rings. The molecule has 2 N–H and O–H groups in total. The molecule has 0 spiro atoms. The van der Waals surface area contributed by atoms with Gasteiger partial charge < -0.3 is 19.7 Å². The lowest BCUT2D eigenvalue weighted by atomic mass is 10.1. The summed E-state index contributed by atoms with van der Waals surface area (Å²) in [6.45, 7) is 5.85. The smallest absolute Gasteiger partial charge is 0.126 e. The van der Waals surface area contributed by atoms with Crippen molar-refractivity contribution in [1.29, 1.82) is 0 Å². The Balaban J connectivity index is 2.59. The van der Waals surface area contributed by atoms with Gasteiger partial charge in [-0.3, -0.25) is 0 Å². The Labute approximate surface area is 122 Å². The number of aliphatic hydroxyl groups is 2. The van der Waals surface area contributed by atoms with E-state index < -0.39 is 12.2 Å². The van der Waals surface area contributed by atoms with E-state index in [2.05, 4.69) is 15.9 Å². The number of aliphatic hydroxyl groups excluding tert-OH is 2. The minimum absolute atomic E-state index is 0.0774. The van der Waals surface area contributed by atoms with Crippen LogP contribution in [-0.4, -0.2) is 35.6 Å². The summed E-state index contributed by atoms with van der Waals surface area (Å²) in [5.41, 5.74) is 0.695. The zero-order valence-corrected chi connectivity index (χ0v) is 13.1. The summed E-state index contributed by atoms with van der Waals surface area (Å²) in [5, 5.41) is 19.4. The van der Waals surface area contributed by atoms with E-state index >= 15 is 0 Å². The minimum atomic E-state index is -0.691. The second-order valence-corrected chi connectivity index (χ2v) is 5.62. The van der Waals surface area contributed by atoms with Crippen LogP contribution in [0.15, 0.2) is 22.7 Å². The van der Waals surface area contributed by atoms with Crippen molar-refractivity contribution in [1.82, 2.24) is 0 Å². The van der Waals surface area contributed by atoms with Gasteiger partial charge in [-0.2, -0.15) is 0 Å². The fraction of sp³-hybridized carbons (Fsp3) is 0.571. The van der Waals surface area contributed by atoms with Gasteiger partial charge in [0.25, 0.3) is 0 Å². The Hall–Kier alpha value is -0.620. The van der Waals surface area contributed by atoms with Crippen molar-refractivity contribution in [3.63, 3.8) is 0 Å². The summed E-state index contributed by atoms with van der Waals surface area (Å²) in [6, 6.07) is 5.41. The first-order valence-electron chi connectivity index (χ1n) is 6.30. The van der Waals surface area contributed by atoms with E-state index in [-0.39, 0.29) is 19.3 Å². The maximum Gasteiger partial charge on any atom is 0.126 e. The SMILES string of the molecule is CC(C)OCC(O)COc1cc(Br)ccc1C(C)O. The lowest BCUT2D eigenvalue weighted by Gasteiger charge is -2.17. The van der Waals surface area contributed by atoms with Gasteiger partial charge in [0.05, 0.1) is 18.8 Å². The van der Waals surface area contributed by atoms with Crippen LogP contribution in [-0.2, 0) is 4.74 Å². The molecule has 4 nitrogen and oxygen atoms in total. The van der Waals surface area contributed by atoms with E-state index in [1.54, 1.807) is 19.1 Å². The van der Waals surface area contributed by atoms with Crippen LogP contribution in [0.1, 0.15) is 32.4 Å². The number of benzene rings is 1.